The van der Waals surface area contributed by atoms with Gasteiger partial charge in [-0.1, -0.05) is 15.9 Å². The topological polar surface area (TPSA) is 39.1 Å². The van der Waals surface area contributed by atoms with Crippen LogP contribution in [0.5, 0.6) is 5.75 Å². The quantitative estimate of drug-likeness (QED) is 0.908. The third-order valence-electron chi connectivity index (χ3n) is 2.52. The van der Waals surface area contributed by atoms with Crippen LogP contribution >= 0.6 is 15.9 Å². The van der Waals surface area contributed by atoms with E-state index in [2.05, 4.69) is 26.2 Å². The smallest absolute Gasteiger partial charge is 0.319 e. The molecule has 4 nitrogen and oxygen atoms in total. The summed E-state index contributed by atoms with van der Waals surface area (Å²) >= 11 is 3.35. The summed E-state index contributed by atoms with van der Waals surface area (Å²) in [6.45, 7) is -2.38. The Hall–Kier alpha value is -1.63. The van der Waals surface area contributed by atoms with Crippen LogP contribution in [0.3, 0.4) is 0 Å². The van der Waals surface area contributed by atoms with Gasteiger partial charge in [0, 0.05) is 28.6 Å². The van der Waals surface area contributed by atoms with E-state index in [0.717, 1.165) is 14.7 Å². The second-order valence-electron chi connectivity index (χ2n) is 3.76. The molecule has 1 aromatic carbocycles. The van der Waals surface area contributed by atoms with Gasteiger partial charge in [-0.25, -0.2) is 4.98 Å². The van der Waals surface area contributed by atoms with Crippen LogP contribution in [0.1, 0.15) is 12.4 Å². The lowest BCUT2D eigenvalue weighted by Gasteiger charge is -2.10. The van der Waals surface area contributed by atoms with Gasteiger partial charge in [0.15, 0.2) is 0 Å². The SMILES string of the molecule is COc1cc(Br)cc(NCc2nccn2C(F)F)c1. The molecule has 0 radical (unpaired) electrons. The van der Waals surface area contributed by atoms with Gasteiger partial charge in [-0.15, -0.1) is 0 Å². The Balaban J connectivity index is 2.10. The van der Waals surface area contributed by atoms with E-state index in [1.807, 2.05) is 12.1 Å². The molecule has 7 heteroatoms. The van der Waals surface area contributed by atoms with E-state index in [4.69, 9.17) is 4.74 Å². The number of anilines is 1. The van der Waals surface area contributed by atoms with Crippen LogP contribution in [-0.4, -0.2) is 16.7 Å². The molecule has 19 heavy (non-hydrogen) atoms. The average Bonchev–Trinajstić information content (AvgIpc) is 2.84. The van der Waals surface area contributed by atoms with E-state index in [1.165, 1.54) is 12.4 Å². The predicted octanol–water partition coefficient (Wildman–Crippen LogP) is 3.66. The van der Waals surface area contributed by atoms with Gasteiger partial charge in [0.05, 0.1) is 13.7 Å². The predicted molar refractivity (Wildman–Crippen MR) is 71.5 cm³/mol. The normalized spacial score (nSPS) is 10.8. The van der Waals surface area contributed by atoms with E-state index in [9.17, 15) is 8.78 Å². The molecular weight excluding hydrogens is 320 g/mol. The van der Waals surface area contributed by atoms with E-state index >= 15 is 0 Å². The van der Waals surface area contributed by atoms with Crippen LogP contribution in [-0.2, 0) is 6.54 Å². The van der Waals surface area contributed by atoms with Gasteiger partial charge < -0.3 is 10.1 Å². The van der Waals surface area contributed by atoms with Crippen LogP contribution in [0.4, 0.5) is 14.5 Å². The molecule has 0 saturated carbocycles. The lowest BCUT2D eigenvalue weighted by atomic mass is 10.3. The summed E-state index contributed by atoms with van der Waals surface area (Å²) in [5, 5.41) is 3.03. The molecule has 0 atom stereocenters. The number of imidazole rings is 1. The third-order valence-corrected chi connectivity index (χ3v) is 2.97. The van der Waals surface area contributed by atoms with Crippen molar-refractivity contribution in [2.75, 3.05) is 12.4 Å². The van der Waals surface area contributed by atoms with Crippen molar-refractivity contribution in [1.29, 1.82) is 0 Å². The highest BCUT2D eigenvalue weighted by molar-refractivity contribution is 9.10. The minimum atomic E-state index is -2.59. The Labute approximate surface area is 117 Å². The maximum atomic E-state index is 12.6. The Morgan fingerprint density at radius 3 is 2.89 bits per heavy atom. The number of aromatic nitrogens is 2. The second-order valence-corrected chi connectivity index (χ2v) is 4.68. The zero-order valence-corrected chi connectivity index (χ0v) is 11.7. The van der Waals surface area contributed by atoms with Crippen molar-refractivity contribution < 1.29 is 13.5 Å². The Kier molecular flexibility index (Phi) is 4.36. The van der Waals surface area contributed by atoms with Gasteiger partial charge in [0.25, 0.3) is 0 Å². The van der Waals surface area contributed by atoms with E-state index in [1.54, 1.807) is 13.2 Å². The monoisotopic (exact) mass is 331 g/mol. The summed E-state index contributed by atoms with van der Waals surface area (Å²) in [6.07, 6.45) is 2.60. The molecule has 102 valence electrons. The number of nitrogens with zero attached hydrogens (tertiary/aromatic N) is 2. The number of benzene rings is 1. The fourth-order valence-corrected chi connectivity index (χ4v) is 2.09. The highest BCUT2D eigenvalue weighted by Gasteiger charge is 2.11. The van der Waals surface area contributed by atoms with Gasteiger partial charge >= 0.3 is 6.55 Å². The minimum absolute atomic E-state index is 0.205. The Morgan fingerprint density at radius 1 is 1.42 bits per heavy atom. The number of hydrogen-bond donors (Lipinski definition) is 1. The molecule has 0 saturated heterocycles. The molecule has 0 bridgehead atoms. The van der Waals surface area contributed by atoms with E-state index < -0.39 is 6.55 Å². The highest BCUT2D eigenvalue weighted by Crippen LogP contribution is 2.25. The fourth-order valence-electron chi connectivity index (χ4n) is 1.62. The number of alkyl halides is 2. The maximum absolute atomic E-state index is 12.6. The molecule has 0 amide bonds. The Bertz CT molecular complexity index is 560. The highest BCUT2D eigenvalue weighted by atomic mass is 79.9. The van der Waals surface area contributed by atoms with Crippen LogP contribution in [0.25, 0.3) is 0 Å². The summed E-state index contributed by atoms with van der Waals surface area (Å²) in [5.41, 5.74) is 0.759. The molecule has 0 fully saturated rings. The van der Waals surface area contributed by atoms with Crippen molar-refractivity contribution in [3.05, 3.63) is 40.9 Å². The number of methoxy groups -OCH3 is 1. The van der Waals surface area contributed by atoms with Crippen molar-refractivity contribution in [3.8, 4) is 5.75 Å². The summed E-state index contributed by atoms with van der Waals surface area (Å²) in [6, 6.07) is 5.42. The van der Waals surface area contributed by atoms with Gasteiger partial charge in [0.2, 0.25) is 0 Å². The number of hydrogen-bond acceptors (Lipinski definition) is 3. The molecule has 0 unspecified atom stereocenters. The zero-order chi connectivity index (χ0) is 13.8. The second kappa shape index (κ2) is 6.01. The summed E-state index contributed by atoms with van der Waals surface area (Å²) in [4.78, 5) is 3.90. The van der Waals surface area contributed by atoms with E-state index in [-0.39, 0.29) is 12.4 Å². The first-order valence-electron chi connectivity index (χ1n) is 5.48. The molecule has 1 N–H and O–H groups in total. The van der Waals surface area contributed by atoms with Crippen molar-refractivity contribution >= 4 is 21.6 Å². The molecule has 0 aliphatic rings. The maximum Gasteiger partial charge on any atom is 0.319 e. The summed E-state index contributed by atoms with van der Waals surface area (Å²) < 4.78 is 32.1. The largest absolute Gasteiger partial charge is 0.497 e. The first-order chi connectivity index (χ1) is 9.10. The van der Waals surface area contributed by atoms with Crippen LogP contribution < -0.4 is 10.1 Å². The van der Waals surface area contributed by atoms with Crippen LogP contribution in [0, 0.1) is 0 Å². The third kappa shape index (κ3) is 3.44. The Morgan fingerprint density at radius 2 is 2.21 bits per heavy atom. The first kappa shape index (κ1) is 13.8. The molecule has 0 aliphatic carbocycles. The van der Waals surface area contributed by atoms with Crippen molar-refractivity contribution in [3.63, 3.8) is 0 Å². The fraction of sp³-hybridized carbons (Fsp3) is 0.250. The first-order valence-corrected chi connectivity index (χ1v) is 6.28. The van der Waals surface area contributed by atoms with Crippen molar-refractivity contribution in [2.45, 2.75) is 13.1 Å². The van der Waals surface area contributed by atoms with Gasteiger partial charge in [0.1, 0.15) is 11.6 Å². The van der Waals surface area contributed by atoms with Crippen molar-refractivity contribution in [2.24, 2.45) is 0 Å². The van der Waals surface area contributed by atoms with Crippen LogP contribution in [0.2, 0.25) is 0 Å². The molecule has 1 heterocycles. The molecule has 2 aromatic rings. The summed E-state index contributed by atoms with van der Waals surface area (Å²) in [5.74, 6) is 0.947. The standard InChI is InChI=1S/C12H12BrF2N3O/c1-19-10-5-8(13)4-9(6-10)17-7-11-16-2-3-18(11)12(14)15/h2-6,12,17H,7H2,1H3. The molecule has 0 aliphatic heterocycles. The van der Waals surface area contributed by atoms with Gasteiger partial charge in [-0.2, -0.15) is 8.78 Å². The lowest BCUT2D eigenvalue weighted by Crippen LogP contribution is -2.09. The van der Waals surface area contributed by atoms with Gasteiger partial charge in [-0.3, -0.25) is 4.57 Å². The number of ether oxygens (including phenoxy) is 1. The van der Waals surface area contributed by atoms with Crippen molar-refractivity contribution in [1.82, 2.24) is 9.55 Å². The number of nitrogens with one attached hydrogen (secondary N) is 1. The number of halogens is 3. The van der Waals surface area contributed by atoms with Crippen LogP contribution in [0.15, 0.2) is 35.1 Å². The lowest BCUT2D eigenvalue weighted by molar-refractivity contribution is 0.0673. The average molecular weight is 332 g/mol. The minimum Gasteiger partial charge on any atom is -0.497 e. The molecule has 1 aromatic heterocycles. The zero-order valence-electron chi connectivity index (χ0n) is 10.1. The molecule has 2 rings (SSSR count). The van der Waals surface area contributed by atoms with E-state index in [0.29, 0.717) is 5.75 Å². The summed E-state index contributed by atoms with van der Waals surface area (Å²) in [7, 11) is 1.56. The molecule has 0 spiro atoms. The molecular formula is C12H12BrF2N3O. The van der Waals surface area contributed by atoms with Gasteiger partial charge in [-0.05, 0) is 12.1 Å². The number of rotatable bonds is 5.